The molecule has 144 valence electrons. The number of hydrogen-bond acceptors (Lipinski definition) is 6. The summed E-state index contributed by atoms with van der Waals surface area (Å²) in [6, 6.07) is 9.43. The van der Waals surface area contributed by atoms with E-state index in [1.54, 1.807) is 18.2 Å². The highest BCUT2D eigenvalue weighted by Crippen LogP contribution is 2.29. The molecule has 0 aliphatic carbocycles. The first-order valence-electron chi connectivity index (χ1n) is 8.09. The molecule has 0 fully saturated rings. The van der Waals surface area contributed by atoms with Gasteiger partial charge in [0.15, 0.2) is 18.1 Å². The zero-order valence-electron chi connectivity index (χ0n) is 15.2. The first-order valence-corrected chi connectivity index (χ1v) is 8.47. The monoisotopic (exact) mass is 393 g/mol. The first kappa shape index (κ1) is 20.4. The van der Waals surface area contributed by atoms with E-state index < -0.39 is 18.5 Å². The van der Waals surface area contributed by atoms with E-state index in [2.05, 4.69) is 5.32 Å². The summed E-state index contributed by atoms with van der Waals surface area (Å²) in [6.45, 7) is 1.87. The zero-order chi connectivity index (χ0) is 19.8. The Morgan fingerprint density at radius 3 is 2.33 bits per heavy atom. The third-order valence-electron chi connectivity index (χ3n) is 3.47. The Hall–Kier alpha value is -2.93. The highest BCUT2D eigenvalue weighted by Gasteiger charge is 2.14. The Labute approximate surface area is 162 Å². The number of ether oxygens (including phenoxy) is 4. The number of halogens is 1. The number of rotatable bonds is 8. The lowest BCUT2D eigenvalue weighted by molar-refractivity contribution is -0.119. The Kier molecular flexibility index (Phi) is 7.31. The normalized spacial score (nSPS) is 10.1. The molecule has 1 amide bonds. The molecule has 8 heteroatoms. The van der Waals surface area contributed by atoms with Crippen LogP contribution in [0.1, 0.15) is 17.3 Å². The van der Waals surface area contributed by atoms with Gasteiger partial charge >= 0.3 is 5.97 Å². The summed E-state index contributed by atoms with van der Waals surface area (Å²) < 4.78 is 20.7. The Bertz CT molecular complexity index is 824. The highest BCUT2D eigenvalue weighted by atomic mass is 35.5. The van der Waals surface area contributed by atoms with E-state index in [0.29, 0.717) is 34.6 Å². The molecule has 2 aromatic rings. The molecular weight excluding hydrogens is 374 g/mol. The van der Waals surface area contributed by atoms with E-state index in [4.69, 9.17) is 30.5 Å². The van der Waals surface area contributed by atoms with Crippen LogP contribution in [0.25, 0.3) is 0 Å². The van der Waals surface area contributed by atoms with Gasteiger partial charge in [0.1, 0.15) is 5.75 Å². The third kappa shape index (κ3) is 5.52. The van der Waals surface area contributed by atoms with Crippen LogP contribution in [-0.4, -0.2) is 39.3 Å². The molecular formula is C19H20ClNO6. The van der Waals surface area contributed by atoms with E-state index >= 15 is 0 Å². The van der Waals surface area contributed by atoms with Crippen LogP contribution in [0, 0.1) is 0 Å². The van der Waals surface area contributed by atoms with E-state index in [9.17, 15) is 9.59 Å². The number of benzene rings is 2. The minimum Gasteiger partial charge on any atom is -0.495 e. The summed E-state index contributed by atoms with van der Waals surface area (Å²) in [7, 11) is 2.97. The van der Waals surface area contributed by atoms with Crippen LogP contribution in [0.3, 0.4) is 0 Å². The van der Waals surface area contributed by atoms with Crippen LogP contribution < -0.4 is 19.5 Å². The van der Waals surface area contributed by atoms with E-state index in [1.165, 1.54) is 32.4 Å². The van der Waals surface area contributed by atoms with Gasteiger partial charge in [0.05, 0.1) is 31.4 Å². The average Bonchev–Trinajstić information content (AvgIpc) is 2.66. The maximum atomic E-state index is 12.1. The fraction of sp³-hybridized carbons (Fsp3) is 0.263. The summed E-state index contributed by atoms with van der Waals surface area (Å²) in [5.41, 5.74) is 0.709. The Balaban J connectivity index is 1.94. The van der Waals surface area contributed by atoms with Crippen molar-refractivity contribution in [2.75, 3.05) is 32.8 Å². The van der Waals surface area contributed by atoms with Crippen molar-refractivity contribution in [1.29, 1.82) is 0 Å². The number of carbonyl (C=O) groups is 2. The predicted octanol–water partition coefficient (Wildman–Crippen LogP) is 3.55. The summed E-state index contributed by atoms with van der Waals surface area (Å²) in [4.78, 5) is 24.1. The molecule has 2 rings (SSSR count). The lowest BCUT2D eigenvalue weighted by Crippen LogP contribution is -2.21. The van der Waals surface area contributed by atoms with E-state index in [-0.39, 0.29) is 5.56 Å². The van der Waals surface area contributed by atoms with Crippen molar-refractivity contribution in [2.24, 2.45) is 0 Å². The largest absolute Gasteiger partial charge is 0.495 e. The van der Waals surface area contributed by atoms with Crippen molar-refractivity contribution < 1.29 is 28.5 Å². The topological polar surface area (TPSA) is 83.1 Å². The Morgan fingerprint density at radius 2 is 1.70 bits per heavy atom. The molecule has 27 heavy (non-hydrogen) atoms. The summed E-state index contributed by atoms with van der Waals surface area (Å²) in [5.74, 6) is 0.265. The lowest BCUT2D eigenvalue weighted by atomic mass is 10.2. The van der Waals surface area contributed by atoms with Crippen molar-refractivity contribution in [1.82, 2.24) is 0 Å². The molecule has 0 bridgehead atoms. The van der Waals surface area contributed by atoms with E-state index in [1.807, 2.05) is 6.92 Å². The van der Waals surface area contributed by atoms with Crippen LogP contribution in [0.4, 0.5) is 5.69 Å². The summed E-state index contributed by atoms with van der Waals surface area (Å²) in [6.07, 6.45) is 0. The molecule has 0 saturated carbocycles. The average molecular weight is 394 g/mol. The molecule has 2 aromatic carbocycles. The fourth-order valence-electron chi connectivity index (χ4n) is 2.22. The molecule has 0 heterocycles. The van der Waals surface area contributed by atoms with Gasteiger partial charge < -0.3 is 24.3 Å². The molecule has 0 saturated heterocycles. The second-order valence-corrected chi connectivity index (χ2v) is 5.68. The number of hydrogen-bond donors (Lipinski definition) is 1. The Morgan fingerprint density at radius 1 is 1.00 bits per heavy atom. The number of methoxy groups -OCH3 is 2. The smallest absolute Gasteiger partial charge is 0.338 e. The molecule has 0 unspecified atom stereocenters. The van der Waals surface area contributed by atoms with Crippen LogP contribution >= 0.6 is 11.6 Å². The van der Waals surface area contributed by atoms with Crippen LogP contribution in [0.2, 0.25) is 5.02 Å². The van der Waals surface area contributed by atoms with Crippen molar-refractivity contribution >= 4 is 29.2 Å². The summed E-state index contributed by atoms with van der Waals surface area (Å²) in [5, 5.41) is 2.94. The minimum atomic E-state index is -0.653. The predicted molar refractivity (Wildman–Crippen MR) is 101 cm³/mol. The van der Waals surface area contributed by atoms with Gasteiger partial charge in [0.25, 0.3) is 5.91 Å². The number of carbonyl (C=O) groups excluding carboxylic acids is 2. The molecule has 0 aliphatic heterocycles. The molecule has 0 atom stereocenters. The maximum Gasteiger partial charge on any atom is 0.338 e. The van der Waals surface area contributed by atoms with Gasteiger partial charge in [-0.1, -0.05) is 11.6 Å². The quantitative estimate of drug-likeness (QED) is 0.690. The van der Waals surface area contributed by atoms with Gasteiger partial charge in [-0.15, -0.1) is 0 Å². The van der Waals surface area contributed by atoms with Gasteiger partial charge in [0.2, 0.25) is 0 Å². The molecule has 1 N–H and O–H groups in total. The minimum absolute atomic E-state index is 0.246. The van der Waals surface area contributed by atoms with Crippen LogP contribution in [-0.2, 0) is 9.53 Å². The lowest BCUT2D eigenvalue weighted by Gasteiger charge is -2.11. The standard InChI is InChI=1S/C19H20ClNO6/c1-4-26-16-7-5-12(9-17(16)25-3)19(23)27-11-18(22)21-13-6-8-15(24-2)14(20)10-13/h5-10H,4,11H2,1-3H3,(H,21,22). The fourth-order valence-corrected chi connectivity index (χ4v) is 2.48. The zero-order valence-corrected chi connectivity index (χ0v) is 16.0. The number of nitrogens with one attached hydrogen (secondary N) is 1. The van der Waals surface area contributed by atoms with Gasteiger partial charge in [-0.05, 0) is 43.3 Å². The van der Waals surface area contributed by atoms with Crippen LogP contribution in [0.5, 0.6) is 17.2 Å². The van der Waals surface area contributed by atoms with Crippen molar-refractivity contribution in [3.05, 3.63) is 47.0 Å². The SMILES string of the molecule is CCOc1ccc(C(=O)OCC(=O)Nc2ccc(OC)c(Cl)c2)cc1OC. The van der Waals surface area contributed by atoms with Crippen LogP contribution in [0.15, 0.2) is 36.4 Å². The number of amides is 1. The van der Waals surface area contributed by atoms with E-state index in [0.717, 1.165) is 0 Å². The van der Waals surface area contributed by atoms with Crippen molar-refractivity contribution in [3.63, 3.8) is 0 Å². The molecule has 7 nitrogen and oxygen atoms in total. The second-order valence-electron chi connectivity index (χ2n) is 5.27. The third-order valence-corrected chi connectivity index (χ3v) is 3.76. The first-order chi connectivity index (χ1) is 13.0. The van der Waals surface area contributed by atoms with Gasteiger partial charge in [0, 0.05) is 5.69 Å². The van der Waals surface area contributed by atoms with Gasteiger partial charge in [-0.3, -0.25) is 4.79 Å². The number of anilines is 1. The molecule has 0 aromatic heterocycles. The second kappa shape index (κ2) is 9.68. The van der Waals surface area contributed by atoms with Crippen molar-refractivity contribution in [3.8, 4) is 17.2 Å². The van der Waals surface area contributed by atoms with Crippen molar-refractivity contribution in [2.45, 2.75) is 6.92 Å². The molecule has 0 spiro atoms. The molecule has 0 radical (unpaired) electrons. The highest BCUT2D eigenvalue weighted by molar-refractivity contribution is 6.32. The maximum absolute atomic E-state index is 12.1. The van der Waals surface area contributed by atoms with Gasteiger partial charge in [-0.2, -0.15) is 0 Å². The summed E-state index contributed by atoms with van der Waals surface area (Å²) >= 11 is 6.00. The molecule has 0 aliphatic rings. The number of esters is 1. The van der Waals surface area contributed by atoms with Gasteiger partial charge in [-0.25, -0.2) is 4.79 Å².